The lowest BCUT2D eigenvalue weighted by molar-refractivity contribution is -0.133. The van der Waals surface area contributed by atoms with Crippen LogP contribution in [0.4, 0.5) is 0 Å². The lowest BCUT2D eigenvalue weighted by Gasteiger charge is -2.35. The molecule has 10 heteroatoms. The summed E-state index contributed by atoms with van der Waals surface area (Å²) in [5, 5.41) is 1.76. The summed E-state index contributed by atoms with van der Waals surface area (Å²) in [6.07, 6.45) is 2.15. The van der Waals surface area contributed by atoms with Crippen LogP contribution in [-0.2, 0) is 21.4 Å². The van der Waals surface area contributed by atoms with Crippen LogP contribution in [-0.4, -0.2) is 81.4 Å². The number of amides is 1. The highest BCUT2D eigenvalue weighted by atomic mass is 32.2. The lowest BCUT2D eigenvalue weighted by Crippen LogP contribution is -2.52. The fraction of sp³-hybridized carbons (Fsp3) is 0.500. The van der Waals surface area contributed by atoms with E-state index >= 15 is 0 Å². The van der Waals surface area contributed by atoms with Gasteiger partial charge in [0, 0.05) is 44.3 Å². The summed E-state index contributed by atoms with van der Waals surface area (Å²) in [4.78, 5) is 17.0. The second-order valence-corrected chi connectivity index (χ2v) is 11.1. The average molecular weight is 480 g/mol. The number of hydrogen-bond acceptors (Lipinski definition) is 7. The van der Waals surface area contributed by atoms with Gasteiger partial charge in [-0.25, -0.2) is 8.42 Å². The van der Waals surface area contributed by atoms with Gasteiger partial charge < -0.3 is 14.4 Å². The van der Waals surface area contributed by atoms with Crippen molar-refractivity contribution in [1.29, 1.82) is 0 Å². The number of piperazine rings is 1. The minimum atomic E-state index is -3.47. The first-order valence-electron chi connectivity index (χ1n) is 10.7. The molecule has 2 aromatic rings. The van der Waals surface area contributed by atoms with Gasteiger partial charge in [0.2, 0.25) is 5.91 Å². The van der Waals surface area contributed by atoms with E-state index in [0.717, 1.165) is 29.9 Å². The molecule has 174 valence electrons. The second-order valence-electron chi connectivity index (χ2n) is 8.03. The van der Waals surface area contributed by atoms with E-state index in [4.69, 9.17) is 9.47 Å². The molecule has 1 saturated carbocycles. The fourth-order valence-electron chi connectivity index (χ4n) is 3.97. The van der Waals surface area contributed by atoms with Crippen molar-refractivity contribution in [3.05, 3.63) is 41.3 Å². The minimum absolute atomic E-state index is 0.0342. The number of sulfonamides is 1. The lowest BCUT2D eigenvalue weighted by atomic mass is 10.1. The first kappa shape index (κ1) is 23.0. The van der Waals surface area contributed by atoms with Crippen molar-refractivity contribution < 1.29 is 22.7 Å². The molecule has 0 bridgehead atoms. The minimum Gasteiger partial charge on any atom is -0.497 e. The Balaban J connectivity index is 1.38. The summed E-state index contributed by atoms with van der Waals surface area (Å²) in [7, 11) is -0.200. The van der Waals surface area contributed by atoms with Crippen molar-refractivity contribution >= 4 is 27.3 Å². The number of carbonyl (C=O) groups excluding carboxylic acids is 1. The van der Waals surface area contributed by atoms with Crippen LogP contribution >= 0.6 is 11.3 Å². The van der Waals surface area contributed by atoms with E-state index in [1.54, 1.807) is 36.6 Å². The van der Waals surface area contributed by atoms with Crippen LogP contribution in [0.3, 0.4) is 0 Å². The molecule has 2 heterocycles. The highest BCUT2D eigenvalue weighted by Gasteiger charge is 2.34. The van der Waals surface area contributed by atoms with Crippen LogP contribution in [0.25, 0.3) is 0 Å². The van der Waals surface area contributed by atoms with Gasteiger partial charge in [-0.15, -0.1) is 11.3 Å². The molecule has 0 radical (unpaired) electrons. The maximum atomic E-state index is 13.1. The quantitative estimate of drug-likeness (QED) is 0.549. The zero-order valence-corrected chi connectivity index (χ0v) is 20.0. The largest absolute Gasteiger partial charge is 0.497 e. The molecule has 4 rings (SSSR count). The van der Waals surface area contributed by atoms with Crippen molar-refractivity contribution in [2.75, 3.05) is 46.9 Å². The van der Waals surface area contributed by atoms with Crippen molar-refractivity contribution in [3.63, 3.8) is 0 Å². The molecule has 2 fully saturated rings. The van der Waals surface area contributed by atoms with Crippen LogP contribution in [0.2, 0.25) is 0 Å². The van der Waals surface area contributed by atoms with Crippen LogP contribution in [0, 0.1) is 0 Å². The Bertz CT molecular complexity index is 1030. The Hall–Kier alpha value is -2.14. The predicted molar refractivity (Wildman–Crippen MR) is 123 cm³/mol. The number of ether oxygens (including phenoxy) is 2. The molecule has 1 aliphatic heterocycles. The highest BCUT2D eigenvalue weighted by molar-refractivity contribution is 7.91. The normalized spacial score (nSPS) is 17.5. The number of hydrogen-bond donors (Lipinski definition) is 0. The molecule has 0 spiro atoms. The van der Waals surface area contributed by atoms with E-state index < -0.39 is 10.0 Å². The van der Waals surface area contributed by atoms with Crippen LogP contribution < -0.4 is 9.47 Å². The molecule has 0 atom stereocenters. The number of rotatable bonds is 9. The standard InChI is InChI=1S/C22H29N3O5S2/c1-29-19-7-8-20(30-2)17(14-19)15-24(18-5-6-18)16-21(26)23-9-11-25(12-10-23)32(27,28)22-4-3-13-31-22/h3-4,7-8,13-14,18H,5-6,9-12,15-16H2,1-2H3. The summed E-state index contributed by atoms with van der Waals surface area (Å²) in [5.74, 6) is 1.56. The van der Waals surface area contributed by atoms with Gasteiger partial charge in [-0.2, -0.15) is 4.31 Å². The number of carbonyl (C=O) groups is 1. The zero-order valence-electron chi connectivity index (χ0n) is 18.4. The monoisotopic (exact) mass is 479 g/mol. The summed E-state index contributed by atoms with van der Waals surface area (Å²) in [5.41, 5.74) is 0.985. The molecule has 2 aliphatic rings. The van der Waals surface area contributed by atoms with E-state index in [2.05, 4.69) is 4.90 Å². The third-order valence-electron chi connectivity index (χ3n) is 5.94. The number of methoxy groups -OCH3 is 2. The molecule has 1 aromatic carbocycles. The fourth-order valence-corrected chi connectivity index (χ4v) is 6.53. The maximum Gasteiger partial charge on any atom is 0.252 e. The van der Waals surface area contributed by atoms with Crippen molar-refractivity contribution in [2.45, 2.75) is 29.6 Å². The van der Waals surface area contributed by atoms with Gasteiger partial charge in [-0.1, -0.05) is 6.07 Å². The van der Waals surface area contributed by atoms with Gasteiger partial charge in [0.25, 0.3) is 10.0 Å². The molecule has 8 nitrogen and oxygen atoms in total. The molecule has 0 N–H and O–H groups in total. The van der Waals surface area contributed by atoms with Gasteiger partial charge >= 0.3 is 0 Å². The third-order valence-corrected chi connectivity index (χ3v) is 9.21. The van der Waals surface area contributed by atoms with E-state index in [0.29, 0.717) is 49.5 Å². The van der Waals surface area contributed by atoms with Crippen LogP contribution in [0.5, 0.6) is 11.5 Å². The Labute approximate surface area is 193 Å². The van der Waals surface area contributed by atoms with E-state index in [1.807, 2.05) is 18.2 Å². The molecular weight excluding hydrogens is 450 g/mol. The number of nitrogens with zero attached hydrogens (tertiary/aromatic N) is 3. The van der Waals surface area contributed by atoms with Crippen molar-refractivity contribution in [3.8, 4) is 11.5 Å². The smallest absolute Gasteiger partial charge is 0.252 e. The summed E-state index contributed by atoms with van der Waals surface area (Å²) < 4.78 is 38.1. The van der Waals surface area contributed by atoms with Crippen LogP contribution in [0.15, 0.2) is 39.9 Å². The molecular formula is C22H29N3O5S2. The molecule has 32 heavy (non-hydrogen) atoms. The Morgan fingerprint density at radius 2 is 1.88 bits per heavy atom. The van der Waals surface area contributed by atoms with Crippen molar-refractivity contribution in [2.24, 2.45) is 0 Å². The van der Waals surface area contributed by atoms with Crippen molar-refractivity contribution in [1.82, 2.24) is 14.1 Å². The Kier molecular flexibility index (Phi) is 7.04. The summed E-state index contributed by atoms with van der Waals surface area (Å²) >= 11 is 1.22. The van der Waals surface area contributed by atoms with E-state index in [-0.39, 0.29) is 5.91 Å². The zero-order chi connectivity index (χ0) is 22.7. The number of benzene rings is 1. The average Bonchev–Trinajstić information content (AvgIpc) is 3.50. The summed E-state index contributed by atoms with van der Waals surface area (Å²) in [6, 6.07) is 9.44. The van der Waals surface area contributed by atoms with Gasteiger partial charge in [0.05, 0.1) is 20.8 Å². The SMILES string of the molecule is COc1ccc(OC)c(CN(CC(=O)N2CCN(S(=O)(=O)c3cccs3)CC2)C2CC2)c1. The Morgan fingerprint density at radius 3 is 2.47 bits per heavy atom. The first-order valence-corrected chi connectivity index (χ1v) is 13.0. The number of thiophene rings is 1. The van der Waals surface area contributed by atoms with Gasteiger partial charge in [-0.05, 0) is 42.5 Å². The molecule has 1 aliphatic carbocycles. The van der Waals surface area contributed by atoms with Gasteiger partial charge in [-0.3, -0.25) is 9.69 Å². The topological polar surface area (TPSA) is 79.4 Å². The second kappa shape index (κ2) is 9.78. The van der Waals surface area contributed by atoms with Crippen LogP contribution in [0.1, 0.15) is 18.4 Å². The third kappa shape index (κ3) is 5.09. The summed E-state index contributed by atoms with van der Waals surface area (Å²) in [6.45, 7) is 2.36. The van der Waals surface area contributed by atoms with E-state index in [1.165, 1.54) is 15.6 Å². The van der Waals surface area contributed by atoms with E-state index in [9.17, 15) is 13.2 Å². The Morgan fingerprint density at radius 1 is 1.12 bits per heavy atom. The van der Waals surface area contributed by atoms with Gasteiger partial charge in [0.15, 0.2) is 0 Å². The molecule has 1 aromatic heterocycles. The molecule has 1 saturated heterocycles. The maximum absolute atomic E-state index is 13.1. The highest BCUT2D eigenvalue weighted by Crippen LogP contribution is 2.32. The van der Waals surface area contributed by atoms with Gasteiger partial charge in [0.1, 0.15) is 15.7 Å². The predicted octanol–water partition coefficient (Wildman–Crippen LogP) is 2.26. The molecule has 0 unspecified atom stereocenters. The first-order chi connectivity index (χ1) is 15.4. The molecule has 1 amide bonds.